The van der Waals surface area contributed by atoms with Gasteiger partial charge in [0.05, 0.1) is 7.11 Å². The Morgan fingerprint density at radius 2 is 1.89 bits per heavy atom. The van der Waals surface area contributed by atoms with Gasteiger partial charge in [-0.05, 0) is 42.8 Å². The fraction of sp³-hybridized carbons (Fsp3) is 0.429. The standard InChI is InChI=1S/C21H28N4O2/c1-3-24-12-14-25(15-13-24)21(26)20-16-18(9-11-23-20)22-10-8-17-4-6-19(27-2)7-5-17/h4-7,9,11,16H,3,8,10,12-15H2,1-2H3,(H,22,23). The summed E-state index contributed by atoms with van der Waals surface area (Å²) < 4.78 is 5.18. The highest BCUT2D eigenvalue weighted by molar-refractivity contribution is 5.93. The maximum absolute atomic E-state index is 12.7. The summed E-state index contributed by atoms with van der Waals surface area (Å²) in [5.74, 6) is 0.883. The molecule has 1 N–H and O–H groups in total. The van der Waals surface area contributed by atoms with E-state index in [0.29, 0.717) is 5.69 Å². The molecule has 1 aromatic carbocycles. The second-order valence-corrected chi connectivity index (χ2v) is 6.68. The number of carbonyl (C=O) groups excluding carboxylic acids is 1. The minimum absolute atomic E-state index is 0.0181. The molecule has 6 heteroatoms. The van der Waals surface area contributed by atoms with Gasteiger partial charge in [0.1, 0.15) is 11.4 Å². The number of amides is 1. The Hall–Kier alpha value is -2.60. The lowest BCUT2D eigenvalue weighted by atomic mass is 10.1. The number of likely N-dealkylation sites (N-methyl/N-ethyl adjacent to an activating group) is 1. The molecule has 1 fully saturated rings. The summed E-state index contributed by atoms with van der Waals surface area (Å²) in [5, 5.41) is 3.39. The van der Waals surface area contributed by atoms with Gasteiger partial charge in [0.15, 0.2) is 0 Å². The Labute approximate surface area is 161 Å². The molecule has 2 heterocycles. The lowest BCUT2D eigenvalue weighted by Gasteiger charge is -2.33. The zero-order valence-electron chi connectivity index (χ0n) is 16.1. The van der Waals surface area contributed by atoms with Gasteiger partial charge in [-0.25, -0.2) is 0 Å². The van der Waals surface area contributed by atoms with Gasteiger partial charge < -0.3 is 19.9 Å². The van der Waals surface area contributed by atoms with E-state index in [4.69, 9.17) is 4.74 Å². The van der Waals surface area contributed by atoms with Crippen LogP contribution < -0.4 is 10.1 Å². The molecule has 6 nitrogen and oxygen atoms in total. The first-order valence-corrected chi connectivity index (χ1v) is 9.54. The van der Waals surface area contributed by atoms with E-state index < -0.39 is 0 Å². The van der Waals surface area contributed by atoms with Gasteiger partial charge in [0.2, 0.25) is 0 Å². The Balaban J connectivity index is 1.53. The third-order valence-corrected chi connectivity index (χ3v) is 4.99. The van der Waals surface area contributed by atoms with E-state index in [9.17, 15) is 4.79 Å². The van der Waals surface area contributed by atoms with Crippen molar-refractivity contribution >= 4 is 11.6 Å². The molecule has 0 radical (unpaired) electrons. The molecular weight excluding hydrogens is 340 g/mol. The second-order valence-electron chi connectivity index (χ2n) is 6.68. The van der Waals surface area contributed by atoms with E-state index in [1.54, 1.807) is 13.3 Å². The quantitative estimate of drug-likeness (QED) is 0.814. The average molecular weight is 368 g/mol. The van der Waals surface area contributed by atoms with Gasteiger partial charge in [-0.15, -0.1) is 0 Å². The summed E-state index contributed by atoms with van der Waals surface area (Å²) in [4.78, 5) is 21.2. The number of benzene rings is 1. The minimum atomic E-state index is 0.0181. The maximum Gasteiger partial charge on any atom is 0.272 e. The maximum atomic E-state index is 12.7. The van der Waals surface area contributed by atoms with E-state index in [2.05, 4.69) is 34.3 Å². The largest absolute Gasteiger partial charge is 0.497 e. The number of nitrogens with zero attached hydrogens (tertiary/aromatic N) is 3. The third kappa shape index (κ3) is 5.20. The molecule has 0 atom stereocenters. The molecule has 1 aliphatic rings. The molecule has 1 aliphatic heterocycles. The molecule has 0 spiro atoms. The van der Waals surface area contributed by atoms with E-state index in [1.165, 1.54) is 5.56 Å². The van der Waals surface area contributed by atoms with Gasteiger partial charge in [0, 0.05) is 44.6 Å². The average Bonchev–Trinajstić information content (AvgIpc) is 2.74. The van der Waals surface area contributed by atoms with Crippen molar-refractivity contribution in [2.45, 2.75) is 13.3 Å². The van der Waals surface area contributed by atoms with Crippen LogP contribution >= 0.6 is 0 Å². The van der Waals surface area contributed by atoms with Crippen LogP contribution in [0.4, 0.5) is 5.69 Å². The van der Waals surface area contributed by atoms with Crippen molar-refractivity contribution in [2.24, 2.45) is 0 Å². The molecule has 144 valence electrons. The minimum Gasteiger partial charge on any atom is -0.497 e. The normalized spacial score (nSPS) is 14.8. The van der Waals surface area contributed by atoms with Crippen LogP contribution in [0.15, 0.2) is 42.6 Å². The first-order chi connectivity index (χ1) is 13.2. The summed E-state index contributed by atoms with van der Waals surface area (Å²) in [5.41, 5.74) is 2.67. The lowest BCUT2D eigenvalue weighted by molar-refractivity contribution is 0.0637. The topological polar surface area (TPSA) is 57.7 Å². The highest BCUT2D eigenvalue weighted by Gasteiger charge is 2.22. The number of nitrogens with one attached hydrogen (secondary N) is 1. The number of carbonyl (C=O) groups is 1. The van der Waals surface area contributed by atoms with E-state index >= 15 is 0 Å². The van der Waals surface area contributed by atoms with E-state index in [-0.39, 0.29) is 5.91 Å². The summed E-state index contributed by atoms with van der Waals surface area (Å²) in [7, 11) is 1.67. The van der Waals surface area contributed by atoms with Crippen LogP contribution in [0, 0.1) is 0 Å². The fourth-order valence-electron chi connectivity index (χ4n) is 3.23. The molecule has 3 rings (SSSR count). The Kier molecular flexibility index (Phi) is 6.65. The first kappa shape index (κ1) is 19.2. The van der Waals surface area contributed by atoms with Gasteiger partial charge in [-0.3, -0.25) is 9.78 Å². The number of aromatic nitrogens is 1. The predicted octanol–water partition coefficient (Wildman–Crippen LogP) is 2.52. The highest BCUT2D eigenvalue weighted by Crippen LogP contribution is 2.14. The Morgan fingerprint density at radius 1 is 1.15 bits per heavy atom. The number of piperazine rings is 1. The number of hydrogen-bond donors (Lipinski definition) is 1. The molecule has 0 bridgehead atoms. The van der Waals surface area contributed by atoms with Crippen LogP contribution in [0.2, 0.25) is 0 Å². The fourth-order valence-corrected chi connectivity index (χ4v) is 3.23. The third-order valence-electron chi connectivity index (χ3n) is 4.99. The molecule has 0 saturated carbocycles. The first-order valence-electron chi connectivity index (χ1n) is 9.54. The molecule has 1 saturated heterocycles. The SMILES string of the molecule is CCN1CCN(C(=O)c2cc(NCCc3ccc(OC)cc3)ccn2)CC1. The monoisotopic (exact) mass is 368 g/mol. The Morgan fingerprint density at radius 3 is 2.56 bits per heavy atom. The predicted molar refractivity (Wildman–Crippen MR) is 107 cm³/mol. The van der Waals surface area contributed by atoms with E-state index in [0.717, 1.165) is 57.1 Å². The van der Waals surface area contributed by atoms with E-state index in [1.807, 2.05) is 29.2 Å². The van der Waals surface area contributed by atoms with Crippen molar-refractivity contribution in [3.05, 3.63) is 53.9 Å². The van der Waals surface area contributed by atoms with Crippen molar-refractivity contribution in [1.82, 2.24) is 14.8 Å². The number of anilines is 1. The van der Waals surface area contributed by atoms with Crippen LogP contribution in [0.3, 0.4) is 0 Å². The molecule has 1 aromatic heterocycles. The zero-order chi connectivity index (χ0) is 19.1. The van der Waals surface area contributed by atoms with Crippen molar-refractivity contribution in [3.8, 4) is 5.75 Å². The van der Waals surface area contributed by atoms with Crippen LogP contribution in [0.5, 0.6) is 5.75 Å². The number of ether oxygens (including phenoxy) is 1. The van der Waals surface area contributed by atoms with Gasteiger partial charge >= 0.3 is 0 Å². The molecule has 27 heavy (non-hydrogen) atoms. The molecular formula is C21H28N4O2. The van der Waals surface area contributed by atoms with Crippen molar-refractivity contribution < 1.29 is 9.53 Å². The number of rotatable bonds is 7. The smallest absolute Gasteiger partial charge is 0.272 e. The van der Waals surface area contributed by atoms with Crippen LogP contribution in [0.1, 0.15) is 23.0 Å². The van der Waals surface area contributed by atoms with Crippen LogP contribution in [-0.4, -0.2) is 67.1 Å². The molecule has 0 unspecified atom stereocenters. The molecule has 2 aromatic rings. The van der Waals surface area contributed by atoms with Crippen molar-refractivity contribution in [3.63, 3.8) is 0 Å². The summed E-state index contributed by atoms with van der Waals surface area (Å²) >= 11 is 0. The number of methoxy groups -OCH3 is 1. The summed E-state index contributed by atoms with van der Waals surface area (Å²) in [6.45, 7) is 7.38. The van der Waals surface area contributed by atoms with Gasteiger partial charge in [-0.1, -0.05) is 19.1 Å². The van der Waals surface area contributed by atoms with Crippen molar-refractivity contribution in [2.75, 3.05) is 51.7 Å². The lowest BCUT2D eigenvalue weighted by Crippen LogP contribution is -2.48. The van der Waals surface area contributed by atoms with Crippen molar-refractivity contribution in [1.29, 1.82) is 0 Å². The molecule has 1 amide bonds. The summed E-state index contributed by atoms with van der Waals surface area (Å²) in [6.07, 6.45) is 2.60. The Bertz CT molecular complexity index is 740. The number of pyridine rings is 1. The number of hydrogen-bond acceptors (Lipinski definition) is 5. The second kappa shape index (κ2) is 9.37. The zero-order valence-corrected chi connectivity index (χ0v) is 16.1. The molecule has 0 aliphatic carbocycles. The van der Waals surface area contributed by atoms with Crippen LogP contribution in [0.25, 0.3) is 0 Å². The summed E-state index contributed by atoms with van der Waals surface area (Å²) in [6, 6.07) is 11.8. The van der Waals surface area contributed by atoms with Gasteiger partial charge in [0.25, 0.3) is 5.91 Å². The van der Waals surface area contributed by atoms with Crippen LogP contribution in [-0.2, 0) is 6.42 Å². The highest BCUT2D eigenvalue weighted by atomic mass is 16.5. The van der Waals surface area contributed by atoms with Gasteiger partial charge in [-0.2, -0.15) is 0 Å².